The minimum Gasteiger partial charge on any atom is -0.383 e. The number of nitrogens with zero attached hydrogens (tertiary/aromatic N) is 2. The molecule has 6 heteroatoms. The van der Waals surface area contributed by atoms with E-state index in [1.54, 1.807) is 25.0 Å². The molecule has 0 aliphatic carbocycles. The van der Waals surface area contributed by atoms with Crippen LogP contribution >= 0.6 is 22.6 Å². The van der Waals surface area contributed by atoms with E-state index >= 15 is 0 Å². The van der Waals surface area contributed by atoms with Gasteiger partial charge in [0.15, 0.2) is 0 Å². The lowest BCUT2D eigenvalue weighted by atomic mass is 10.4. The van der Waals surface area contributed by atoms with Gasteiger partial charge in [-0.25, -0.2) is 0 Å². The van der Waals surface area contributed by atoms with Gasteiger partial charge in [-0.2, -0.15) is 5.10 Å². The van der Waals surface area contributed by atoms with Gasteiger partial charge < -0.3 is 10.1 Å². The molecular weight excluding hydrogens is 297 g/mol. The molecule has 0 fully saturated rings. The zero-order valence-electron chi connectivity index (χ0n) is 8.08. The molecule has 14 heavy (non-hydrogen) atoms. The topological polar surface area (TPSA) is 56.1 Å². The molecule has 0 unspecified atom stereocenters. The molecule has 1 N–H and O–H groups in total. The Morgan fingerprint density at radius 2 is 2.50 bits per heavy atom. The molecule has 0 saturated carbocycles. The van der Waals surface area contributed by atoms with Crippen LogP contribution < -0.4 is 5.32 Å². The molecular formula is C8H12IN3O2. The van der Waals surface area contributed by atoms with Gasteiger partial charge in [-0.1, -0.05) is 0 Å². The third-order valence-corrected chi connectivity index (χ3v) is 2.49. The average Bonchev–Trinajstić information content (AvgIpc) is 2.46. The van der Waals surface area contributed by atoms with Crippen LogP contribution in [-0.4, -0.2) is 35.9 Å². The van der Waals surface area contributed by atoms with Gasteiger partial charge in [0.2, 0.25) is 0 Å². The number of halogens is 1. The second-order valence-corrected chi connectivity index (χ2v) is 3.88. The SMILES string of the molecule is COCCNC(=O)c1c(I)cnn1C. The Balaban J connectivity index is 2.60. The van der Waals surface area contributed by atoms with Crippen molar-refractivity contribution in [1.29, 1.82) is 0 Å². The number of amides is 1. The average molecular weight is 309 g/mol. The van der Waals surface area contributed by atoms with E-state index in [0.717, 1.165) is 3.57 Å². The molecule has 0 saturated heterocycles. The summed E-state index contributed by atoms with van der Waals surface area (Å²) in [7, 11) is 3.34. The van der Waals surface area contributed by atoms with Crippen molar-refractivity contribution in [2.45, 2.75) is 0 Å². The van der Waals surface area contributed by atoms with Crippen LogP contribution in [0.1, 0.15) is 10.5 Å². The highest BCUT2D eigenvalue weighted by Crippen LogP contribution is 2.09. The van der Waals surface area contributed by atoms with Gasteiger partial charge in [0.25, 0.3) is 5.91 Å². The number of hydrogen-bond acceptors (Lipinski definition) is 3. The van der Waals surface area contributed by atoms with Crippen molar-refractivity contribution in [3.63, 3.8) is 0 Å². The summed E-state index contributed by atoms with van der Waals surface area (Å²) in [5.41, 5.74) is 0.585. The maximum absolute atomic E-state index is 11.6. The zero-order chi connectivity index (χ0) is 10.6. The predicted molar refractivity (Wildman–Crippen MR) is 60.1 cm³/mol. The molecule has 1 heterocycles. The normalized spacial score (nSPS) is 10.2. The molecule has 0 aliphatic heterocycles. The Morgan fingerprint density at radius 1 is 1.79 bits per heavy atom. The molecule has 5 nitrogen and oxygen atoms in total. The van der Waals surface area contributed by atoms with Gasteiger partial charge in [0.05, 0.1) is 16.4 Å². The van der Waals surface area contributed by atoms with E-state index in [-0.39, 0.29) is 5.91 Å². The van der Waals surface area contributed by atoms with Crippen LogP contribution in [0.15, 0.2) is 6.20 Å². The number of carbonyl (C=O) groups is 1. The largest absolute Gasteiger partial charge is 0.383 e. The van der Waals surface area contributed by atoms with E-state index in [1.165, 1.54) is 0 Å². The first kappa shape index (κ1) is 11.4. The Hall–Kier alpha value is -0.630. The van der Waals surface area contributed by atoms with Gasteiger partial charge in [-0.05, 0) is 22.6 Å². The Kier molecular flexibility index (Phi) is 4.33. The van der Waals surface area contributed by atoms with Crippen molar-refractivity contribution in [3.05, 3.63) is 15.5 Å². The first-order chi connectivity index (χ1) is 6.66. The second-order valence-electron chi connectivity index (χ2n) is 2.71. The number of rotatable bonds is 4. The molecule has 0 atom stereocenters. The van der Waals surface area contributed by atoms with Crippen LogP contribution in [0.4, 0.5) is 0 Å². The fraction of sp³-hybridized carbons (Fsp3) is 0.500. The first-order valence-electron chi connectivity index (χ1n) is 4.11. The monoisotopic (exact) mass is 309 g/mol. The number of aromatic nitrogens is 2. The molecule has 1 amide bonds. The van der Waals surface area contributed by atoms with E-state index in [4.69, 9.17) is 4.74 Å². The highest BCUT2D eigenvalue weighted by atomic mass is 127. The summed E-state index contributed by atoms with van der Waals surface area (Å²) in [4.78, 5) is 11.6. The van der Waals surface area contributed by atoms with Crippen LogP contribution in [0.25, 0.3) is 0 Å². The number of hydrogen-bond donors (Lipinski definition) is 1. The lowest BCUT2D eigenvalue weighted by molar-refractivity contribution is 0.0927. The molecule has 1 aromatic heterocycles. The number of nitrogens with one attached hydrogen (secondary N) is 1. The summed E-state index contributed by atoms with van der Waals surface area (Å²) >= 11 is 2.08. The summed E-state index contributed by atoms with van der Waals surface area (Å²) in [5.74, 6) is -0.119. The lowest BCUT2D eigenvalue weighted by Gasteiger charge is -2.04. The third-order valence-electron chi connectivity index (χ3n) is 1.70. The van der Waals surface area contributed by atoms with Crippen molar-refractivity contribution in [3.8, 4) is 0 Å². The maximum atomic E-state index is 11.6. The fourth-order valence-corrected chi connectivity index (χ4v) is 1.74. The van der Waals surface area contributed by atoms with Crippen LogP contribution in [0.3, 0.4) is 0 Å². The van der Waals surface area contributed by atoms with E-state index in [2.05, 4.69) is 33.0 Å². The summed E-state index contributed by atoms with van der Waals surface area (Å²) in [6.07, 6.45) is 1.66. The summed E-state index contributed by atoms with van der Waals surface area (Å²) in [6.45, 7) is 1.02. The molecule has 1 aromatic rings. The minimum atomic E-state index is -0.119. The van der Waals surface area contributed by atoms with Crippen molar-refractivity contribution < 1.29 is 9.53 Å². The zero-order valence-corrected chi connectivity index (χ0v) is 10.2. The van der Waals surface area contributed by atoms with Crippen LogP contribution in [0.2, 0.25) is 0 Å². The maximum Gasteiger partial charge on any atom is 0.270 e. The Morgan fingerprint density at radius 3 is 3.00 bits per heavy atom. The minimum absolute atomic E-state index is 0.119. The molecule has 0 aromatic carbocycles. The Labute approximate surface area is 96.0 Å². The molecule has 0 aliphatic rings. The number of aryl methyl sites for hydroxylation is 1. The highest BCUT2D eigenvalue weighted by Gasteiger charge is 2.13. The van der Waals surface area contributed by atoms with E-state index in [0.29, 0.717) is 18.8 Å². The van der Waals surface area contributed by atoms with Gasteiger partial charge in [0, 0.05) is 20.7 Å². The van der Waals surface area contributed by atoms with Crippen molar-refractivity contribution in [2.75, 3.05) is 20.3 Å². The van der Waals surface area contributed by atoms with Gasteiger partial charge in [-0.15, -0.1) is 0 Å². The van der Waals surface area contributed by atoms with Crippen molar-refractivity contribution in [1.82, 2.24) is 15.1 Å². The first-order valence-corrected chi connectivity index (χ1v) is 5.19. The summed E-state index contributed by atoms with van der Waals surface area (Å²) in [5, 5.41) is 6.72. The molecule has 0 spiro atoms. The van der Waals surface area contributed by atoms with E-state index < -0.39 is 0 Å². The van der Waals surface area contributed by atoms with Gasteiger partial charge >= 0.3 is 0 Å². The van der Waals surface area contributed by atoms with Crippen molar-refractivity contribution >= 4 is 28.5 Å². The molecule has 1 rings (SSSR count). The van der Waals surface area contributed by atoms with Crippen molar-refractivity contribution in [2.24, 2.45) is 7.05 Å². The lowest BCUT2D eigenvalue weighted by Crippen LogP contribution is -2.29. The van der Waals surface area contributed by atoms with Crippen LogP contribution in [0, 0.1) is 3.57 Å². The summed E-state index contributed by atoms with van der Waals surface area (Å²) < 4.78 is 7.24. The highest BCUT2D eigenvalue weighted by molar-refractivity contribution is 14.1. The van der Waals surface area contributed by atoms with Crippen LogP contribution in [-0.2, 0) is 11.8 Å². The molecule has 0 radical (unpaired) electrons. The fourth-order valence-electron chi connectivity index (χ4n) is 1.02. The van der Waals surface area contributed by atoms with Crippen LogP contribution in [0.5, 0.6) is 0 Å². The number of carbonyl (C=O) groups excluding carboxylic acids is 1. The third kappa shape index (κ3) is 2.68. The van der Waals surface area contributed by atoms with E-state index in [9.17, 15) is 4.79 Å². The summed E-state index contributed by atoms with van der Waals surface area (Å²) in [6, 6.07) is 0. The van der Waals surface area contributed by atoms with Gasteiger partial charge in [-0.3, -0.25) is 9.48 Å². The van der Waals surface area contributed by atoms with E-state index in [1.807, 2.05) is 0 Å². The predicted octanol–water partition coefficient (Wildman–Crippen LogP) is 0.401. The molecule has 0 bridgehead atoms. The number of ether oxygens (including phenoxy) is 1. The van der Waals surface area contributed by atoms with Gasteiger partial charge in [0.1, 0.15) is 5.69 Å². The Bertz CT molecular complexity index is 305. The quantitative estimate of drug-likeness (QED) is 0.647. The second kappa shape index (κ2) is 5.30. The standard InChI is InChI=1S/C8H12IN3O2/c1-12-7(6(9)5-11-12)8(13)10-3-4-14-2/h5H,3-4H2,1-2H3,(H,10,13). The number of methoxy groups -OCH3 is 1. The molecule has 78 valence electrons. The smallest absolute Gasteiger partial charge is 0.270 e.